The van der Waals surface area contributed by atoms with Crippen molar-refractivity contribution < 1.29 is 9.53 Å². The maximum absolute atomic E-state index is 12.3. The van der Waals surface area contributed by atoms with Crippen LogP contribution >= 0.6 is 11.8 Å². The number of morpholine rings is 1. The van der Waals surface area contributed by atoms with Crippen molar-refractivity contribution in [2.45, 2.75) is 11.6 Å². The number of carbonyl (C=O) groups excluding carboxylic acids is 1. The number of nitrogens with two attached hydrogens (primary N) is 1. The van der Waals surface area contributed by atoms with Gasteiger partial charge < -0.3 is 15.5 Å². The van der Waals surface area contributed by atoms with Gasteiger partial charge in [0.2, 0.25) is 11.1 Å². The summed E-state index contributed by atoms with van der Waals surface area (Å²) >= 11 is 1.32. The zero-order valence-electron chi connectivity index (χ0n) is 14.9. The van der Waals surface area contributed by atoms with Crippen LogP contribution in [0.5, 0.6) is 0 Å². The number of fused-ring (bicyclic) bond motifs is 1. The molecule has 2 N–H and O–H groups in total. The summed E-state index contributed by atoms with van der Waals surface area (Å²) in [6, 6.07) is 14.4. The van der Waals surface area contributed by atoms with E-state index in [-0.39, 0.29) is 5.91 Å². The molecule has 2 heterocycles. The summed E-state index contributed by atoms with van der Waals surface area (Å²) in [5.74, 6) is 7.23. The molecule has 1 aromatic heterocycles. The molecule has 1 fully saturated rings. The van der Waals surface area contributed by atoms with E-state index < -0.39 is 0 Å². The van der Waals surface area contributed by atoms with Crippen molar-refractivity contribution in [3.63, 3.8) is 0 Å². The molecule has 0 aliphatic carbocycles. The molecule has 2 aromatic carbocycles. The Bertz CT molecular complexity index is 947. The predicted octanol–water partition coefficient (Wildman–Crippen LogP) is 1.69. The molecule has 1 amide bonds. The second kappa shape index (κ2) is 7.98. The largest absolute Gasteiger partial charge is 0.378 e. The Kier molecular flexibility index (Phi) is 5.26. The van der Waals surface area contributed by atoms with E-state index in [1.165, 1.54) is 27.2 Å². The van der Waals surface area contributed by atoms with E-state index in [2.05, 4.69) is 34.5 Å². The van der Waals surface area contributed by atoms with Gasteiger partial charge in [0.15, 0.2) is 5.82 Å². The van der Waals surface area contributed by atoms with Gasteiger partial charge in [-0.25, -0.2) is 4.68 Å². The van der Waals surface area contributed by atoms with E-state index in [9.17, 15) is 4.79 Å². The summed E-state index contributed by atoms with van der Waals surface area (Å²) in [5.41, 5.74) is 1.15. The van der Waals surface area contributed by atoms with Crippen LogP contribution in [0.4, 0.5) is 0 Å². The number of aromatic nitrogens is 3. The predicted molar refractivity (Wildman–Crippen MR) is 105 cm³/mol. The average Bonchev–Trinajstić information content (AvgIpc) is 3.06. The Morgan fingerprint density at radius 1 is 1.11 bits per heavy atom. The highest BCUT2D eigenvalue weighted by molar-refractivity contribution is 7.99. The third-order valence-electron chi connectivity index (χ3n) is 4.65. The number of hydrogen-bond donors (Lipinski definition) is 1. The van der Waals surface area contributed by atoms with Crippen molar-refractivity contribution in [1.29, 1.82) is 0 Å². The van der Waals surface area contributed by atoms with E-state index in [4.69, 9.17) is 10.6 Å². The van der Waals surface area contributed by atoms with Crippen LogP contribution in [-0.4, -0.2) is 57.7 Å². The fraction of sp³-hybridized carbons (Fsp3) is 0.316. The summed E-state index contributed by atoms with van der Waals surface area (Å²) in [7, 11) is 0. The minimum absolute atomic E-state index is 0.0712. The van der Waals surface area contributed by atoms with Gasteiger partial charge in [0.25, 0.3) is 0 Å². The van der Waals surface area contributed by atoms with Gasteiger partial charge in [-0.2, -0.15) is 0 Å². The van der Waals surface area contributed by atoms with E-state index >= 15 is 0 Å². The number of benzene rings is 2. The zero-order valence-corrected chi connectivity index (χ0v) is 15.7. The number of ether oxygens (including phenoxy) is 1. The van der Waals surface area contributed by atoms with Crippen LogP contribution in [-0.2, 0) is 16.0 Å². The number of hydrogen-bond acceptors (Lipinski definition) is 6. The third kappa shape index (κ3) is 3.91. The molecule has 140 valence electrons. The van der Waals surface area contributed by atoms with E-state index in [1.807, 2.05) is 23.1 Å². The van der Waals surface area contributed by atoms with Crippen LogP contribution in [0.15, 0.2) is 47.6 Å². The van der Waals surface area contributed by atoms with Crippen molar-refractivity contribution >= 4 is 28.4 Å². The Labute approximate surface area is 161 Å². The summed E-state index contributed by atoms with van der Waals surface area (Å²) in [6.45, 7) is 2.47. The average molecular weight is 383 g/mol. The third-order valence-corrected chi connectivity index (χ3v) is 5.58. The lowest BCUT2D eigenvalue weighted by molar-refractivity contribution is -0.132. The molecule has 1 aliphatic rings. The molecule has 27 heavy (non-hydrogen) atoms. The Morgan fingerprint density at radius 2 is 1.89 bits per heavy atom. The van der Waals surface area contributed by atoms with E-state index in [0.717, 1.165) is 5.56 Å². The van der Waals surface area contributed by atoms with E-state index in [0.29, 0.717) is 49.5 Å². The Hall–Kier alpha value is -2.58. The van der Waals surface area contributed by atoms with Gasteiger partial charge in [0.05, 0.1) is 19.0 Å². The Balaban J connectivity index is 1.45. The molecule has 0 spiro atoms. The number of rotatable bonds is 5. The first-order chi connectivity index (χ1) is 13.2. The van der Waals surface area contributed by atoms with Crippen LogP contribution in [0.25, 0.3) is 10.8 Å². The molecule has 8 heteroatoms. The SMILES string of the molecule is Nn1c(Cc2cccc3ccccc23)nnc1SCC(=O)N1CCOCC1. The first-order valence-corrected chi connectivity index (χ1v) is 9.85. The van der Waals surface area contributed by atoms with Crippen LogP contribution < -0.4 is 5.84 Å². The minimum atomic E-state index is 0.0712. The van der Waals surface area contributed by atoms with Crippen molar-refractivity contribution in [2.24, 2.45) is 0 Å². The molecule has 0 atom stereocenters. The summed E-state index contributed by atoms with van der Waals surface area (Å²) in [4.78, 5) is 14.1. The lowest BCUT2D eigenvalue weighted by atomic mass is 10.0. The number of amides is 1. The molecule has 7 nitrogen and oxygen atoms in total. The lowest BCUT2D eigenvalue weighted by Crippen LogP contribution is -2.41. The monoisotopic (exact) mass is 383 g/mol. The van der Waals surface area contributed by atoms with Crippen LogP contribution in [0.3, 0.4) is 0 Å². The summed E-state index contributed by atoms with van der Waals surface area (Å²) in [6.07, 6.45) is 0.586. The fourth-order valence-electron chi connectivity index (χ4n) is 3.17. The molecule has 0 radical (unpaired) electrons. The summed E-state index contributed by atoms with van der Waals surface area (Å²) < 4.78 is 6.76. The second-order valence-electron chi connectivity index (χ2n) is 6.37. The highest BCUT2D eigenvalue weighted by atomic mass is 32.2. The molecule has 4 rings (SSSR count). The van der Waals surface area contributed by atoms with Crippen LogP contribution in [0.1, 0.15) is 11.4 Å². The number of nitrogen functional groups attached to an aromatic ring is 1. The molecule has 0 saturated carbocycles. The first kappa shape index (κ1) is 17.8. The van der Waals surface area contributed by atoms with Crippen LogP contribution in [0.2, 0.25) is 0 Å². The van der Waals surface area contributed by atoms with Crippen LogP contribution in [0, 0.1) is 0 Å². The topological polar surface area (TPSA) is 86.3 Å². The van der Waals surface area contributed by atoms with Crippen molar-refractivity contribution in [3.8, 4) is 0 Å². The van der Waals surface area contributed by atoms with Crippen molar-refractivity contribution in [1.82, 2.24) is 19.8 Å². The molecule has 0 unspecified atom stereocenters. The fourth-order valence-corrected chi connectivity index (χ4v) is 3.95. The van der Waals surface area contributed by atoms with Gasteiger partial charge in [-0.3, -0.25) is 4.79 Å². The first-order valence-electron chi connectivity index (χ1n) is 8.86. The van der Waals surface area contributed by atoms with Gasteiger partial charge in [-0.15, -0.1) is 10.2 Å². The molecule has 1 saturated heterocycles. The van der Waals surface area contributed by atoms with Crippen molar-refractivity contribution in [3.05, 3.63) is 53.9 Å². The van der Waals surface area contributed by atoms with Crippen molar-refractivity contribution in [2.75, 3.05) is 37.9 Å². The van der Waals surface area contributed by atoms with Gasteiger partial charge in [0, 0.05) is 19.5 Å². The van der Waals surface area contributed by atoms with Gasteiger partial charge in [0.1, 0.15) is 0 Å². The molecular weight excluding hydrogens is 362 g/mol. The lowest BCUT2D eigenvalue weighted by Gasteiger charge is -2.26. The highest BCUT2D eigenvalue weighted by Gasteiger charge is 2.19. The maximum atomic E-state index is 12.3. The maximum Gasteiger partial charge on any atom is 0.233 e. The minimum Gasteiger partial charge on any atom is -0.378 e. The quantitative estimate of drug-likeness (QED) is 0.533. The molecular formula is C19H21N5O2S. The smallest absolute Gasteiger partial charge is 0.233 e. The van der Waals surface area contributed by atoms with E-state index in [1.54, 1.807) is 0 Å². The second-order valence-corrected chi connectivity index (χ2v) is 7.31. The van der Waals surface area contributed by atoms with Gasteiger partial charge in [-0.1, -0.05) is 54.2 Å². The normalized spacial score (nSPS) is 14.6. The summed E-state index contributed by atoms with van der Waals surface area (Å²) in [5, 5.41) is 11.3. The molecule has 3 aromatic rings. The number of carbonyl (C=O) groups is 1. The van der Waals surface area contributed by atoms with Gasteiger partial charge >= 0.3 is 0 Å². The highest BCUT2D eigenvalue weighted by Crippen LogP contribution is 2.22. The molecule has 0 bridgehead atoms. The number of nitrogens with zero attached hydrogens (tertiary/aromatic N) is 4. The standard InChI is InChI=1S/C19H21N5O2S/c20-24-17(12-15-6-3-5-14-4-1-2-7-16(14)15)21-22-19(24)27-13-18(25)23-8-10-26-11-9-23/h1-7H,8-13,20H2. The number of thioether (sulfide) groups is 1. The Morgan fingerprint density at radius 3 is 2.74 bits per heavy atom. The molecule has 1 aliphatic heterocycles. The van der Waals surface area contributed by atoms with Gasteiger partial charge in [-0.05, 0) is 16.3 Å². The zero-order chi connectivity index (χ0) is 18.6.